The van der Waals surface area contributed by atoms with Crippen molar-refractivity contribution in [2.45, 2.75) is 37.0 Å². The number of hydrogen-bond acceptors (Lipinski definition) is 4. The summed E-state index contributed by atoms with van der Waals surface area (Å²) in [6, 6.07) is 0.375. The molecule has 2 rings (SSSR count). The maximum absolute atomic E-state index is 12.1. The van der Waals surface area contributed by atoms with Crippen LogP contribution in [0.4, 0.5) is 0 Å². The number of thioether (sulfide) groups is 1. The van der Waals surface area contributed by atoms with Crippen molar-refractivity contribution in [3.8, 4) is 0 Å². The lowest BCUT2D eigenvalue weighted by Crippen LogP contribution is -2.54. The Morgan fingerprint density at radius 1 is 1.33 bits per heavy atom. The van der Waals surface area contributed by atoms with E-state index in [1.165, 1.54) is 19.3 Å². The van der Waals surface area contributed by atoms with Crippen LogP contribution in [0.3, 0.4) is 0 Å². The van der Waals surface area contributed by atoms with Gasteiger partial charge in [0.25, 0.3) is 0 Å². The zero-order chi connectivity index (χ0) is 13.0. The molecule has 0 aromatic heterocycles. The topological polar surface area (TPSA) is 75.4 Å². The molecule has 102 valence electrons. The Balaban J connectivity index is 1.89. The summed E-state index contributed by atoms with van der Waals surface area (Å²) in [7, 11) is 0. The fourth-order valence-electron chi connectivity index (χ4n) is 2.75. The molecule has 0 bridgehead atoms. The maximum atomic E-state index is 12.1. The number of rotatable bonds is 3. The largest absolute Gasteiger partial charge is 0.346 e. The van der Waals surface area contributed by atoms with Gasteiger partial charge in [-0.3, -0.25) is 9.59 Å². The predicted molar refractivity (Wildman–Crippen MR) is 72.3 cm³/mol. The number of amides is 2. The first-order chi connectivity index (χ1) is 8.72. The Morgan fingerprint density at radius 3 is 2.89 bits per heavy atom. The quantitative estimate of drug-likeness (QED) is 0.754. The lowest BCUT2D eigenvalue weighted by Gasteiger charge is -2.43. The van der Waals surface area contributed by atoms with Crippen LogP contribution in [0.5, 0.6) is 0 Å². The van der Waals surface area contributed by atoms with Gasteiger partial charge in [-0.1, -0.05) is 12.8 Å². The van der Waals surface area contributed by atoms with E-state index in [0.29, 0.717) is 11.3 Å². The van der Waals surface area contributed by atoms with Crippen LogP contribution >= 0.6 is 11.8 Å². The van der Waals surface area contributed by atoms with Crippen molar-refractivity contribution in [1.29, 1.82) is 0 Å². The minimum atomic E-state index is -0.269. The van der Waals surface area contributed by atoms with Crippen LogP contribution in [-0.2, 0) is 9.59 Å². The molecule has 3 N–H and O–H groups in total. The van der Waals surface area contributed by atoms with Crippen molar-refractivity contribution in [2.75, 3.05) is 25.4 Å². The number of hydrogen-bond donors (Lipinski definition) is 2. The van der Waals surface area contributed by atoms with E-state index in [-0.39, 0.29) is 24.9 Å². The van der Waals surface area contributed by atoms with E-state index in [2.05, 4.69) is 5.32 Å². The smallest absolute Gasteiger partial charge is 0.242 e. The average Bonchev–Trinajstić information content (AvgIpc) is 2.43. The summed E-state index contributed by atoms with van der Waals surface area (Å²) in [6.07, 6.45) is 4.81. The van der Waals surface area contributed by atoms with Gasteiger partial charge in [0.2, 0.25) is 11.8 Å². The van der Waals surface area contributed by atoms with Gasteiger partial charge in [0.05, 0.1) is 13.1 Å². The van der Waals surface area contributed by atoms with Crippen LogP contribution in [0.2, 0.25) is 0 Å². The van der Waals surface area contributed by atoms with E-state index in [1.54, 1.807) is 0 Å². The van der Waals surface area contributed by atoms with E-state index < -0.39 is 0 Å². The molecule has 1 aliphatic carbocycles. The van der Waals surface area contributed by atoms with Crippen molar-refractivity contribution in [3.63, 3.8) is 0 Å². The molecule has 2 amide bonds. The molecule has 5 nitrogen and oxygen atoms in total. The highest BCUT2D eigenvalue weighted by Gasteiger charge is 2.35. The molecule has 2 atom stereocenters. The summed E-state index contributed by atoms with van der Waals surface area (Å²) >= 11 is 2.00. The molecule has 1 saturated heterocycles. The second-order valence-corrected chi connectivity index (χ2v) is 6.18. The molecule has 2 aliphatic rings. The van der Waals surface area contributed by atoms with E-state index in [0.717, 1.165) is 18.7 Å². The minimum absolute atomic E-state index is 0.0361. The van der Waals surface area contributed by atoms with Crippen LogP contribution < -0.4 is 11.1 Å². The molecule has 18 heavy (non-hydrogen) atoms. The van der Waals surface area contributed by atoms with Gasteiger partial charge in [-0.25, -0.2) is 0 Å². The van der Waals surface area contributed by atoms with Crippen molar-refractivity contribution in [2.24, 2.45) is 5.73 Å². The Labute approximate surface area is 112 Å². The van der Waals surface area contributed by atoms with Gasteiger partial charge < -0.3 is 16.0 Å². The number of nitrogens with two attached hydrogens (primary N) is 1. The van der Waals surface area contributed by atoms with E-state index >= 15 is 0 Å². The van der Waals surface area contributed by atoms with Gasteiger partial charge in [-0.2, -0.15) is 11.8 Å². The normalized spacial score (nSPS) is 27.5. The fourth-order valence-corrected chi connectivity index (χ4v) is 4.20. The summed E-state index contributed by atoms with van der Waals surface area (Å²) in [5, 5.41) is 3.16. The number of nitrogens with zero attached hydrogens (tertiary/aromatic N) is 1. The van der Waals surface area contributed by atoms with E-state index in [4.69, 9.17) is 5.73 Å². The molecule has 0 aromatic carbocycles. The third-order valence-electron chi connectivity index (χ3n) is 3.67. The molecule has 0 spiro atoms. The van der Waals surface area contributed by atoms with Crippen LogP contribution in [0.25, 0.3) is 0 Å². The Morgan fingerprint density at radius 2 is 2.11 bits per heavy atom. The Hall–Kier alpha value is -0.750. The third kappa shape index (κ3) is 3.17. The molecule has 1 aliphatic heterocycles. The molecule has 1 saturated carbocycles. The third-order valence-corrected chi connectivity index (χ3v) is 5.07. The molecular weight excluding hydrogens is 250 g/mol. The van der Waals surface area contributed by atoms with Crippen LogP contribution in [0, 0.1) is 0 Å². The van der Waals surface area contributed by atoms with Crippen LogP contribution in [-0.4, -0.2) is 53.4 Å². The molecule has 0 radical (unpaired) electrons. The molecule has 1 heterocycles. The van der Waals surface area contributed by atoms with Crippen molar-refractivity contribution in [1.82, 2.24) is 10.2 Å². The first kappa shape index (κ1) is 13.7. The summed E-state index contributed by atoms with van der Waals surface area (Å²) in [5.74, 6) is 0.779. The highest BCUT2D eigenvalue weighted by atomic mass is 32.2. The van der Waals surface area contributed by atoms with Gasteiger partial charge in [0, 0.05) is 23.6 Å². The number of carbonyl (C=O) groups excluding carboxylic acids is 2. The first-order valence-corrected chi connectivity index (χ1v) is 7.65. The number of fused-ring (bicyclic) bond motifs is 1. The molecule has 0 aromatic rings. The second kappa shape index (κ2) is 6.43. The fraction of sp³-hybridized carbons (Fsp3) is 0.833. The summed E-state index contributed by atoms with van der Waals surface area (Å²) in [5.41, 5.74) is 5.20. The standard InChI is InChI=1S/C12H21N3O2S/c13-7-11(16)14-8-12(17)15-5-6-18-10-4-2-1-3-9(10)15/h9-10H,1-8,13H2,(H,14,16). The number of carbonyl (C=O) groups is 2. The molecule has 2 unspecified atom stereocenters. The maximum Gasteiger partial charge on any atom is 0.242 e. The second-order valence-electron chi connectivity index (χ2n) is 4.83. The van der Waals surface area contributed by atoms with Gasteiger partial charge in [-0.15, -0.1) is 0 Å². The predicted octanol–water partition coefficient (Wildman–Crippen LogP) is -0.0521. The summed E-state index contributed by atoms with van der Waals surface area (Å²) < 4.78 is 0. The van der Waals surface area contributed by atoms with Crippen LogP contribution in [0.1, 0.15) is 25.7 Å². The number of nitrogens with one attached hydrogen (secondary N) is 1. The summed E-state index contributed by atoms with van der Waals surface area (Å²) in [4.78, 5) is 25.2. The van der Waals surface area contributed by atoms with Crippen molar-refractivity contribution in [3.05, 3.63) is 0 Å². The van der Waals surface area contributed by atoms with Gasteiger partial charge in [0.1, 0.15) is 0 Å². The molecule has 6 heteroatoms. The Bertz CT molecular complexity index is 322. The first-order valence-electron chi connectivity index (χ1n) is 6.60. The average molecular weight is 271 g/mol. The highest BCUT2D eigenvalue weighted by molar-refractivity contribution is 8.00. The SMILES string of the molecule is NCC(=O)NCC(=O)N1CCSC2CCCCC21. The summed E-state index contributed by atoms with van der Waals surface area (Å²) in [6.45, 7) is 0.836. The molecular formula is C12H21N3O2S. The van der Waals surface area contributed by atoms with E-state index in [1.807, 2.05) is 16.7 Å². The molecule has 2 fully saturated rings. The van der Waals surface area contributed by atoms with Crippen molar-refractivity contribution < 1.29 is 9.59 Å². The van der Waals surface area contributed by atoms with Gasteiger partial charge in [-0.05, 0) is 12.8 Å². The zero-order valence-corrected chi connectivity index (χ0v) is 11.4. The minimum Gasteiger partial charge on any atom is -0.346 e. The van der Waals surface area contributed by atoms with Gasteiger partial charge >= 0.3 is 0 Å². The zero-order valence-electron chi connectivity index (χ0n) is 10.6. The van der Waals surface area contributed by atoms with E-state index in [9.17, 15) is 9.59 Å². The lowest BCUT2D eigenvalue weighted by atomic mass is 9.93. The van der Waals surface area contributed by atoms with Crippen molar-refractivity contribution >= 4 is 23.6 Å². The van der Waals surface area contributed by atoms with Crippen LogP contribution in [0.15, 0.2) is 0 Å². The Kier molecular flexibility index (Phi) is 4.88. The van der Waals surface area contributed by atoms with Gasteiger partial charge in [0.15, 0.2) is 0 Å². The monoisotopic (exact) mass is 271 g/mol. The lowest BCUT2D eigenvalue weighted by molar-refractivity contribution is -0.135. The highest BCUT2D eigenvalue weighted by Crippen LogP contribution is 2.35.